The van der Waals surface area contributed by atoms with Crippen LogP contribution in [0.2, 0.25) is 0 Å². The van der Waals surface area contributed by atoms with E-state index < -0.39 is 0 Å². The van der Waals surface area contributed by atoms with Crippen molar-refractivity contribution in [1.29, 1.82) is 0 Å². The van der Waals surface area contributed by atoms with Gasteiger partial charge >= 0.3 is 0 Å². The van der Waals surface area contributed by atoms with Gasteiger partial charge in [-0.3, -0.25) is 0 Å². The topological polar surface area (TPSA) is 0 Å². The molecule has 0 nitrogen and oxygen atoms in total. The van der Waals surface area contributed by atoms with Crippen molar-refractivity contribution in [3.05, 3.63) is 120 Å². The molecule has 186 valence electrons. The maximum absolute atomic E-state index is 13.6. The molecule has 0 amide bonds. The summed E-state index contributed by atoms with van der Waals surface area (Å²) in [6, 6.07) is 17.3. The van der Waals surface area contributed by atoms with Crippen molar-refractivity contribution in [2.75, 3.05) is 0 Å². The van der Waals surface area contributed by atoms with Gasteiger partial charge in [-0.15, -0.1) is 0 Å². The van der Waals surface area contributed by atoms with E-state index in [1.165, 1.54) is 40.0 Å². The van der Waals surface area contributed by atoms with E-state index in [1.807, 2.05) is 24.3 Å². The highest BCUT2D eigenvalue weighted by atomic mass is 19.1. The minimum absolute atomic E-state index is 0.217. The number of benzene rings is 2. The van der Waals surface area contributed by atoms with Crippen LogP contribution in [0.3, 0.4) is 0 Å². The minimum Gasteiger partial charge on any atom is -0.207 e. The molecule has 0 heterocycles. The van der Waals surface area contributed by atoms with E-state index in [1.54, 1.807) is 0 Å². The van der Waals surface area contributed by atoms with Gasteiger partial charge in [0.15, 0.2) is 0 Å². The molecule has 2 rings (SSSR count). The fourth-order valence-corrected chi connectivity index (χ4v) is 4.89. The minimum atomic E-state index is -0.217. The van der Waals surface area contributed by atoms with E-state index in [9.17, 15) is 4.39 Å². The van der Waals surface area contributed by atoms with Crippen LogP contribution in [0.5, 0.6) is 0 Å². The second kappa shape index (κ2) is 13.8. The standard InChI is InChI=1S/C34H43F/c1-9-32(33(25(4)5)17-13-14-26(6)23-27(7)22-24(2)3)34(30-15-11-10-12-16-30)28(8)29-18-20-31(35)21-19-29/h9-12,15-16,18-21,25-26H,1-2,7,13-14,17,22-23H2,3-6,8H3/b33-32+,34-28+. The highest BCUT2D eigenvalue weighted by Crippen LogP contribution is 2.37. The fourth-order valence-electron chi connectivity index (χ4n) is 4.89. The maximum atomic E-state index is 13.6. The number of allylic oxidation sites excluding steroid dienone is 7. The molecule has 0 aliphatic rings. The lowest BCUT2D eigenvalue weighted by molar-refractivity contribution is 0.495. The Hall–Kier alpha value is -2.93. The lowest BCUT2D eigenvalue weighted by atomic mass is 9.82. The van der Waals surface area contributed by atoms with Crippen LogP contribution in [0.1, 0.15) is 77.8 Å². The molecule has 0 aliphatic carbocycles. The second-order valence-electron chi connectivity index (χ2n) is 10.3. The molecule has 0 N–H and O–H groups in total. The van der Waals surface area contributed by atoms with Crippen LogP contribution < -0.4 is 0 Å². The van der Waals surface area contributed by atoms with Crippen molar-refractivity contribution in [3.8, 4) is 0 Å². The Labute approximate surface area is 213 Å². The molecule has 35 heavy (non-hydrogen) atoms. The summed E-state index contributed by atoms with van der Waals surface area (Å²) in [6.45, 7) is 23.6. The Kier molecular flexibility index (Phi) is 11.2. The lowest BCUT2D eigenvalue weighted by Gasteiger charge is -2.22. The van der Waals surface area contributed by atoms with Gasteiger partial charge in [-0.05, 0) is 91.3 Å². The molecule has 0 saturated carbocycles. The van der Waals surface area contributed by atoms with Crippen molar-refractivity contribution >= 4 is 11.1 Å². The fraction of sp³-hybridized carbons (Fsp3) is 0.353. The molecule has 0 fully saturated rings. The summed E-state index contributed by atoms with van der Waals surface area (Å²) < 4.78 is 13.6. The number of halogens is 1. The summed E-state index contributed by atoms with van der Waals surface area (Å²) in [6.07, 6.45) is 7.32. The highest BCUT2D eigenvalue weighted by Gasteiger charge is 2.18. The molecule has 1 heteroatoms. The monoisotopic (exact) mass is 470 g/mol. The van der Waals surface area contributed by atoms with Gasteiger partial charge in [0.25, 0.3) is 0 Å². The predicted molar refractivity (Wildman–Crippen MR) is 154 cm³/mol. The molecular formula is C34H43F. The Morgan fingerprint density at radius 2 is 1.54 bits per heavy atom. The number of hydrogen-bond acceptors (Lipinski definition) is 0. The van der Waals surface area contributed by atoms with E-state index in [0.29, 0.717) is 11.8 Å². The van der Waals surface area contributed by atoms with Crippen LogP contribution in [0, 0.1) is 17.7 Å². The normalized spacial score (nSPS) is 13.7. The molecule has 0 aromatic heterocycles. The third kappa shape index (κ3) is 8.66. The summed E-state index contributed by atoms with van der Waals surface area (Å²) >= 11 is 0. The zero-order valence-electron chi connectivity index (χ0n) is 22.5. The summed E-state index contributed by atoms with van der Waals surface area (Å²) in [7, 11) is 0. The van der Waals surface area contributed by atoms with E-state index >= 15 is 0 Å². The van der Waals surface area contributed by atoms with Crippen LogP contribution in [0.15, 0.2) is 103 Å². The van der Waals surface area contributed by atoms with Gasteiger partial charge < -0.3 is 0 Å². The summed E-state index contributed by atoms with van der Waals surface area (Å²) in [4.78, 5) is 0. The van der Waals surface area contributed by atoms with E-state index in [4.69, 9.17) is 0 Å². The SMILES string of the molecule is C=CC(/C(=C(\C)c1ccc(F)cc1)c1ccccc1)=C(/CCCC(C)CC(=C)CC(=C)C)C(C)C. The smallest absolute Gasteiger partial charge is 0.123 e. The first-order chi connectivity index (χ1) is 16.6. The van der Waals surface area contributed by atoms with Crippen LogP contribution in [-0.2, 0) is 0 Å². The molecule has 1 atom stereocenters. The largest absolute Gasteiger partial charge is 0.207 e. The molecule has 0 aliphatic heterocycles. The van der Waals surface area contributed by atoms with Crippen LogP contribution in [-0.4, -0.2) is 0 Å². The van der Waals surface area contributed by atoms with Crippen LogP contribution >= 0.6 is 0 Å². The third-order valence-electron chi connectivity index (χ3n) is 6.56. The van der Waals surface area contributed by atoms with E-state index in [2.05, 4.69) is 78.6 Å². The molecule has 2 aromatic carbocycles. The van der Waals surface area contributed by atoms with Gasteiger partial charge in [-0.25, -0.2) is 4.39 Å². The third-order valence-corrected chi connectivity index (χ3v) is 6.56. The number of hydrogen-bond donors (Lipinski definition) is 0. The van der Waals surface area contributed by atoms with Gasteiger partial charge in [-0.2, -0.15) is 0 Å². The highest BCUT2D eigenvalue weighted by molar-refractivity contribution is 5.99. The van der Waals surface area contributed by atoms with Crippen molar-refractivity contribution < 1.29 is 4.39 Å². The predicted octanol–water partition coefficient (Wildman–Crippen LogP) is 10.6. The first-order valence-electron chi connectivity index (χ1n) is 12.8. The first kappa shape index (κ1) is 28.3. The average molecular weight is 471 g/mol. The van der Waals surface area contributed by atoms with Crippen LogP contribution in [0.4, 0.5) is 4.39 Å². The van der Waals surface area contributed by atoms with Gasteiger partial charge in [0, 0.05) is 0 Å². The van der Waals surface area contributed by atoms with Crippen molar-refractivity contribution in [3.63, 3.8) is 0 Å². The summed E-state index contributed by atoms with van der Waals surface area (Å²) in [5.41, 5.74) is 9.58. The maximum Gasteiger partial charge on any atom is 0.123 e. The molecular weight excluding hydrogens is 427 g/mol. The molecule has 0 saturated heterocycles. The number of rotatable bonds is 13. The first-order valence-corrected chi connectivity index (χ1v) is 12.8. The molecule has 0 bridgehead atoms. The summed E-state index contributed by atoms with van der Waals surface area (Å²) in [5.74, 6) is 0.786. The molecule has 0 radical (unpaired) electrons. The van der Waals surface area contributed by atoms with E-state index in [-0.39, 0.29) is 5.82 Å². The van der Waals surface area contributed by atoms with Gasteiger partial charge in [0.05, 0.1) is 0 Å². The van der Waals surface area contributed by atoms with E-state index in [0.717, 1.165) is 48.8 Å². The second-order valence-corrected chi connectivity index (χ2v) is 10.3. The quantitative estimate of drug-likeness (QED) is 0.155. The lowest BCUT2D eigenvalue weighted by Crippen LogP contribution is -2.04. The van der Waals surface area contributed by atoms with Crippen molar-refractivity contribution in [2.24, 2.45) is 11.8 Å². The zero-order valence-corrected chi connectivity index (χ0v) is 22.5. The van der Waals surface area contributed by atoms with Gasteiger partial charge in [-0.1, -0.05) is 112 Å². The Balaban J connectivity index is 2.42. The molecule has 1 unspecified atom stereocenters. The summed E-state index contributed by atoms with van der Waals surface area (Å²) in [5, 5.41) is 0. The van der Waals surface area contributed by atoms with Crippen LogP contribution in [0.25, 0.3) is 11.1 Å². The Morgan fingerprint density at radius 1 is 0.914 bits per heavy atom. The Morgan fingerprint density at radius 3 is 2.09 bits per heavy atom. The Bertz CT molecular complexity index is 1060. The molecule has 0 spiro atoms. The van der Waals surface area contributed by atoms with Crippen molar-refractivity contribution in [1.82, 2.24) is 0 Å². The van der Waals surface area contributed by atoms with Gasteiger partial charge in [0.1, 0.15) is 5.82 Å². The average Bonchev–Trinajstić information content (AvgIpc) is 2.80. The van der Waals surface area contributed by atoms with Gasteiger partial charge in [0.2, 0.25) is 0 Å². The zero-order chi connectivity index (χ0) is 26.0. The van der Waals surface area contributed by atoms with Crippen molar-refractivity contribution in [2.45, 2.75) is 66.7 Å². The molecule has 2 aromatic rings.